The first-order valence-electron chi connectivity index (χ1n) is 5.97. The molecular weight excluding hydrogens is 252 g/mol. The van der Waals surface area contributed by atoms with Gasteiger partial charge in [0.1, 0.15) is 5.82 Å². The molecule has 0 amide bonds. The summed E-state index contributed by atoms with van der Waals surface area (Å²) >= 11 is 0. The summed E-state index contributed by atoms with van der Waals surface area (Å²) in [7, 11) is -3.07. The van der Waals surface area contributed by atoms with E-state index in [1.807, 2.05) is 6.07 Å². The minimum Gasteiger partial charge on any atom is -0.397 e. The largest absolute Gasteiger partial charge is 0.397 e. The fraction of sp³-hybridized carbons (Fsp3) is 0.545. The van der Waals surface area contributed by atoms with Gasteiger partial charge in [0, 0.05) is 26.2 Å². The Morgan fingerprint density at radius 3 is 2.44 bits per heavy atom. The predicted molar refractivity (Wildman–Crippen MR) is 71.9 cm³/mol. The highest BCUT2D eigenvalue weighted by atomic mass is 32.2. The van der Waals surface area contributed by atoms with Gasteiger partial charge in [-0.3, -0.25) is 0 Å². The summed E-state index contributed by atoms with van der Waals surface area (Å²) in [5, 5.41) is 0. The molecule has 2 heterocycles. The molecule has 1 aromatic heterocycles. The minimum absolute atomic E-state index is 0.160. The van der Waals surface area contributed by atoms with Crippen molar-refractivity contribution >= 4 is 21.5 Å². The lowest BCUT2D eigenvalue weighted by Gasteiger charge is -2.34. The Hall–Kier alpha value is -1.34. The van der Waals surface area contributed by atoms with Gasteiger partial charge in [-0.2, -0.15) is 4.31 Å². The lowest BCUT2D eigenvalue weighted by Crippen LogP contribution is -2.49. The van der Waals surface area contributed by atoms with Gasteiger partial charge >= 0.3 is 0 Å². The van der Waals surface area contributed by atoms with Gasteiger partial charge in [-0.1, -0.05) is 0 Å². The third kappa shape index (κ3) is 2.73. The van der Waals surface area contributed by atoms with Crippen LogP contribution in [-0.4, -0.2) is 49.6 Å². The number of pyridine rings is 1. The van der Waals surface area contributed by atoms with E-state index in [9.17, 15) is 8.42 Å². The Balaban J connectivity index is 2.01. The van der Waals surface area contributed by atoms with Crippen LogP contribution in [0.1, 0.15) is 6.92 Å². The number of nitrogens with two attached hydrogens (primary N) is 1. The van der Waals surface area contributed by atoms with Crippen molar-refractivity contribution in [3.8, 4) is 0 Å². The molecule has 1 fully saturated rings. The van der Waals surface area contributed by atoms with Gasteiger partial charge in [0.05, 0.1) is 17.6 Å². The lowest BCUT2D eigenvalue weighted by atomic mass is 10.3. The zero-order valence-electron chi connectivity index (χ0n) is 10.4. The van der Waals surface area contributed by atoms with Crippen molar-refractivity contribution in [3.63, 3.8) is 0 Å². The van der Waals surface area contributed by atoms with Gasteiger partial charge < -0.3 is 10.6 Å². The lowest BCUT2D eigenvalue weighted by molar-refractivity contribution is 0.384. The van der Waals surface area contributed by atoms with Gasteiger partial charge in [-0.25, -0.2) is 13.4 Å². The second-order valence-electron chi connectivity index (χ2n) is 4.24. The van der Waals surface area contributed by atoms with Crippen LogP contribution in [0.15, 0.2) is 18.3 Å². The third-order valence-corrected chi connectivity index (χ3v) is 4.97. The minimum atomic E-state index is -3.07. The normalized spacial score (nSPS) is 17.9. The first kappa shape index (κ1) is 13.1. The molecule has 18 heavy (non-hydrogen) atoms. The quantitative estimate of drug-likeness (QED) is 0.845. The van der Waals surface area contributed by atoms with Gasteiger partial charge in [-0.15, -0.1) is 0 Å². The van der Waals surface area contributed by atoms with Crippen LogP contribution >= 0.6 is 0 Å². The average molecular weight is 270 g/mol. The molecule has 2 N–H and O–H groups in total. The van der Waals surface area contributed by atoms with Crippen molar-refractivity contribution in [2.45, 2.75) is 6.92 Å². The molecule has 7 heteroatoms. The zero-order valence-corrected chi connectivity index (χ0v) is 11.2. The van der Waals surface area contributed by atoms with Crippen LogP contribution in [0.25, 0.3) is 0 Å². The van der Waals surface area contributed by atoms with E-state index in [0.717, 1.165) is 5.82 Å². The van der Waals surface area contributed by atoms with Crippen molar-refractivity contribution in [2.75, 3.05) is 42.6 Å². The number of rotatable bonds is 3. The summed E-state index contributed by atoms with van der Waals surface area (Å²) in [5.74, 6) is 1.00. The van der Waals surface area contributed by atoms with Crippen LogP contribution in [0, 0.1) is 0 Å². The van der Waals surface area contributed by atoms with E-state index in [1.54, 1.807) is 23.5 Å². The fourth-order valence-electron chi connectivity index (χ4n) is 1.96. The molecular formula is C11H18N4O2S. The molecule has 6 nitrogen and oxygen atoms in total. The molecule has 1 saturated heterocycles. The van der Waals surface area contributed by atoms with E-state index >= 15 is 0 Å². The Morgan fingerprint density at radius 1 is 1.28 bits per heavy atom. The van der Waals surface area contributed by atoms with Gasteiger partial charge in [0.25, 0.3) is 0 Å². The second-order valence-corrected chi connectivity index (χ2v) is 6.49. The van der Waals surface area contributed by atoms with Crippen LogP contribution in [-0.2, 0) is 10.0 Å². The van der Waals surface area contributed by atoms with E-state index in [2.05, 4.69) is 9.88 Å². The maximum atomic E-state index is 11.7. The standard InChI is InChI=1S/C11H18N4O2S/c1-2-18(16,17)15-7-5-14(6-8-15)11-4-3-10(12)9-13-11/h3-4,9H,2,5-8,12H2,1H3. The maximum Gasteiger partial charge on any atom is 0.213 e. The number of piperazine rings is 1. The highest BCUT2D eigenvalue weighted by molar-refractivity contribution is 7.89. The van der Waals surface area contributed by atoms with Crippen molar-refractivity contribution in [1.82, 2.24) is 9.29 Å². The Labute approximate surface area is 107 Å². The van der Waals surface area contributed by atoms with Crippen LogP contribution < -0.4 is 10.6 Å². The van der Waals surface area contributed by atoms with Gasteiger partial charge in [-0.05, 0) is 19.1 Å². The molecule has 1 aliphatic heterocycles. The molecule has 0 bridgehead atoms. The number of hydrogen-bond acceptors (Lipinski definition) is 5. The van der Waals surface area contributed by atoms with E-state index in [4.69, 9.17) is 5.73 Å². The monoisotopic (exact) mass is 270 g/mol. The molecule has 2 rings (SSSR count). The number of sulfonamides is 1. The van der Waals surface area contributed by atoms with Crippen LogP contribution in [0.4, 0.5) is 11.5 Å². The van der Waals surface area contributed by atoms with E-state index in [-0.39, 0.29) is 5.75 Å². The van der Waals surface area contributed by atoms with Crippen molar-refractivity contribution < 1.29 is 8.42 Å². The summed E-state index contributed by atoms with van der Waals surface area (Å²) in [5.41, 5.74) is 6.22. The molecule has 0 saturated carbocycles. The molecule has 100 valence electrons. The van der Waals surface area contributed by atoms with Crippen molar-refractivity contribution in [2.24, 2.45) is 0 Å². The molecule has 0 aliphatic carbocycles. The number of anilines is 2. The first-order chi connectivity index (χ1) is 8.53. The van der Waals surface area contributed by atoms with E-state index in [1.165, 1.54) is 0 Å². The molecule has 0 radical (unpaired) electrons. The molecule has 1 aliphatic rings. The van der Waals surface area contributed by atoms with Crippen LogP contribution in [0.2, 0.25) is 0 Å². The predicted octanol–water partition coefficient (Wildman–Crippen LogP) is 0.136. The molecule has 0 atom stereocenters. The van der Waals surface area contributed by atoms with Gasteiger partial charge in [0.15, 0.2) is 0 Å². The van der Waals surface area contributed by atoms with Gasteiger partial charge in [0.2, 0.25) is 10.0 Å². The summed E-state index contributed by atoms with van der Waals surface area (Å²) in [6.45, 7) is 4.03. The highest BCUT2D eigenvalue weighted by Crippen LogP contribution is 2.16. The number of nitrogen functional groups attached to an aromatic ring is 1. The Morgan fingerprint density at radius 2 is 1.94 bits per heavy atom. The number of hydrogen-bond donors (Lipinski definition) is 1. The summed E-state index contributed by atoms with van der Waals surface area (Å²) in [6, 6.07) is 3.66. The summed E-state index contributed by atoms with van der Waals surface area (Å²) in [6.07, 6.45) is 1.62. The first-order valence-corrected chi connectivity index (χ1v) is 7.58. The Bertz CT molecular complexity index is 492. The SMILES string of the molecule is CCS(=O)(=O)N1CCN(c2ccc(N)cn2)CC1. The number of nitrogens with zero attached hydrogens (tertiary/aromatic N) is 3. The van der Waals surface area contributed by atoms with Crippen LogP contribution in [0.5, 0.6) is 0 Å². The third-order valence-electron chi connectivity index (χ3n) is 3.09. The van der Waals surface area contributed by atoms with E-state index in [0.29, 0.717) is 31.9 Å². The maximum absolute atomic E-state index is 11.7. The average Bonchev–Trinajstić information content (AvgIpc) is 2.40. The summed E-state index contributed by atoms with van der Waals surface area (Å²) in [4.78, 5) is 6.31. The molecule has 1 aromatic rings. The highest BCUT2D eigenvalue weighted by Gasteiger charge is 2.25. The van der Waals surface area contributed by atoms with Crippen molar-refractivity contribution in [1.29, 1.82) is 0 Å². The van der Waals surface area contributed by atoms with Crippen LogP contribution in [0.3, 0.4) is 0 Å². The fourth-order valence-corrected chi connectivity index (χ4v) is 3.05. The zero-order chi connectivity index (χ0) is 13.2. The topological polar surface area (TPSA) is 79.5 Å². The molecule has 0 unspecified atom stereocenters. The van der Waals surface area contributed by atoms with E-state index < -0.39 is 10.0 Å². The number of aromatic nitrogens is 1. The molecule has 0 aromatic carbocycles. The smallest absolute Gasteiger partial charge is 0.213 e. The molecule has 0 spiro atoms. The second kappa shape index (κ2) is 5.11. The van der Waals surface area contributed by atoms with Crippen molar-refractivity contribution in [3.05, 3.63) is 18.3 Å². The Kier molecular flexibility index (Phi) is 3.72. The summed E-state index contributed by atoms with van der Waals surface area (Å²) < 4.78 is 25.0.